The van der Waals surface area contributed by atoms with Gasteiger partial charge >= 0.3 is 0 Å². The van der Waals surface area contributed by atoms with Crippen molar-refractivity contribution in [2.24, 2.45) is 10.5 Å². The van der Waals surface area contributed by atoms with Crippen LogP contribution in [0.1, 0.15) is 29.7 Å². The van der Waals surface area contributed by atoms with Gasteiger partial charge in [-0.1, -0.05) is 6.07 Å². The lowest BCUT2D eigenvalue weighted by Crippen LogP contribution is -2.73. The van der Waals surface area contributed by atoms with Gasteiger partial charge in [-0.05, 0) is 55.2 Å². The molecule has 2 fully saturated rings. The number of hydrogen-bond donors (Lipinski definition) is 1. The minimum atomic E-state index is 0.285. The van der Waals surface area contributed by atoms with Crippen LogP contribution in [0.2, 0.25) is 0 Å². The van der Waals surface area contributed by atoms with Gasteiger partial charge in [-0.25, -0.2) is 4.98 Å². The molecule has 0 saturated carbocycles. The Morgan fingerprint density at radius 1 is 1.17 bits per heavy atom. The topological polar surface area (TPSA) is 80.4 Å². The summed E-state index contributed by atoms with van der Waals surface area (Å²) in [5, 5.41) is 14.1. The second kappa shape index (κ2) is 7.08. The number of rotatable bonds is 2. The highest BCUT2D eigenvalue weighted by molar-refractivity contribution is 7.80. The van der Waals surface area contributed by atoms with Crippen LogP contribution in [-0.2, 0) is 6.42 Å². The number of aromatic nitrogens is 2. The van der Waals surface area contributed by atoms with E-state index in [0.29, 0.717) is 10.7 Å². The molecule has 0 unspecified atom stereocenters. The van der Waals surface area contributed by atoms with Gasteiger partial charge < -0.3 is 9.80 Å². The lowest BCUT2D eigenvalue weighted by atomic mass is 9.73. The molecule has 1 N–H and O–H groups in total. The van der Waals surface area contributed by atoms with Crippen molar-refractivity contribution in [2.45, 2.75) is 19.3 Å². The minimum absolute atomic E-state index is 0.285. The van der Waals surface area contributed by atoms with Crippen molar-refractivity contribution in [2.75, 3.05) is 31.1 Å². The van der Waals surface area contributed by atoms with E-state index in [1.165, 1.54) is 5.56 Å². The van der Waals surface area contributed by atoms with E-state index in [1.54, 1.807) is 6.20 Å². The fourth-order valence-electron chi connectivity index (χ4n) is 4.43. The van der Waals surface area contributed by atoms with Gasteiger partial charge in [0.05, 0.1) is 17.0 Å². The van der Waals surface area contributed by atoms with E-state index in [1.807, 2.05) is 24.4 Å². The second-order valence-electron chi connectivity index (χ2n) is 8.07. The molecule has 0 bridgehead atoms. The van der Waals surface area contributed by atoms with Crippen molar-refractivity contribution in [1.82, 2.24) is 20.3 Å². The molecule has 3 aliphatic rings. The Morgan fingerprint density at radius 3 is 2.79 bits per heavy atom. The highest BCUT2D eigenvalue weighted by Gasteiger charge is 2.52. The molecule has 1 aliphatic carbocycles. The Hall–Kier alpha value is -3.05. The molecule has 7 nitrogen and oxygen atoms in total. The van der Waals surface area contributed by atoms with Gasteiger partial charge in [-0.3, -0.25) is 10.4 Å². The van der Waals surface area contributed by atoms with Gasteiger partial charge in [-0.2, -0.15) is 10.4 Å². The maximum atomic E-state index is 8.89. The van der Waals surface area contributed by atoms with Gasteiger partial charge in [0, 0.05) is 44.0 Å². The first-order valence-corrected chi connectivity index (χ1v) is 10.2. The standard InChI is InChI=1S/C21H21N7S/c22-9-15-6-7-18(24-10-15)27-11-21(12-27)13-28(14-21)20(29)26-25-17-5-1-3-16-4-2-8-23-19(16)17/h2,4,6-8,10H,1,3,5,11-14H2,(H,26,29)/b25-17-. The number of nitrogens with one attached hydrogen (secondary N) is 1. The van der Waals surface area contributed by atoms with Gasteiger partial charge in [0.25, 0.3) is 0 Å². The molecular formula is C21H21N7S. The number of hydrogen-bond acceptors (Lipinski definition) is 6. The first-order valence-electron chi connectivity index (χ1n) is 9.83. The average Bonchev–Trinajstić information content (AvgIpc) is 2.70. The summed E-state index contributed by atoms with van der Waals surface area (Å²) in [7, 11) is 0. The third-order valence-corrected chi connectivity index (χ3v) is 6.25. The van der Waals surface area contributed by atoms with Crippen LogP contribution < -0.4 is 10.3 Å². The van der Waals surface area contributed by atoms with Crippen molar-refractivity contribution in [1.29, 1.82) is 5.26 Å². The molecule has 0 amide bonds. The van der Waals surface area contributed by atoms with Crippen LogP contribution in [0.25, 0.3) is 0 Å². The molecule has 2 aromatic rings. The zero-order chi connectivity index (χ0) is 19.8. The molecule has 4 heterocycles. The van der Waals surface area contributed by atoms with Crippen LogP contribution in [0.15, 0.2) is 41.8 Å². The lowest BCUT2D eigenvalue weighted by Gasteiger charge is -2.60. The van der Waals surface area contributed by atoms with Crippen molar-refractivity contribution in [3.8, 4) is 6.07 Å². The Morgan fingerprint density at radius 2 is 2.03 bits per heavy atom. The summed E-state index contributed by atoms with van der Waals surface area (Å²) in [6, 6.07) is 9.94. The zero-order valence-electron chi connectivity index (χ0n) is 16.0. The van der Waals surface area contributed by atoms with Crippen molar-refractivity contribution < 1.29 is 0 Å². The Bertz CT molecular complexity index is 1010. The number of nitriles is 1. The fourth-order valence-corrected chi connectivity index (χ4v) is 4.61. The molecule has 146 valence electrons. The summed E-state index contributed by atoms with van der Waals surface area (Å²) in [5.41, 5.74) is 7.21. The Labute approximate surface area is 175 Å². The van der Waals surface area contributed by atoms with Crippen LogP contribution in [0.4, 0.5) is 5.82 Å². The fraction of sp³-hybridized carbons (Fsp3) is 0.381. The Balaban J connectivity index is 1.14. The molecule has 2 aromatic heterocycles. The molecule has 2 saturated heterocycles. The monoisotopic (exact) mass is 403 g/mol. The minimum Gasteiger partial charge on any atom is -0.355 e. The first-order chi connectivity index (χ1) is 14.2. The van der Waals surface area contributed by atoms with Crippen molar-refractivity contribution in [3.05, 3.63) is 53.5 Å². The maximum Gasteiger partial charge on any atom is 0.189 e. The molecule has 5 rings (SSSR count). The molecule has 0 atom stereocenters. The van der Waals surface area contributed by atoms with Gasteiger partial charge in [0.15, 0.2) is 5.11 Å². The molecule has 29 heavy (non-hydrogen) atoms. The molecule has 2 aliphatic heterocycles. The number of aryl methyl sites for hydroxylation is 1. The number of anilines is 1. The average molecular weight is 404 g/mol. The van der Waals surface area contributed by atoms with Crippen LogP contribution in [0, 0.1) is 16.7 Å². The molecule has 1 spiro atoms. The Kier molecular flexibility index (Phi) is 4.40. The smallest absolute Gasteiger partial charge is 0.189 e. The summed E-state index contributed by atoms with van der Waals surface area (Å²) >= 11 is 5.55. The van der Waals surface area contributed by atoms with E-state index in [-0.39, 0.29) is 5.41 Å². The van der Waals surface area contributed by atoms with E-state index < -0.39 is 0 Å². The number of pyridine rings is 2. The van der Waals surface area contributed by atoms with Gasteiger partial charge in [-0.15, -0.1) is 0 Å². The van der Waals surface area contributed by atoms with Crippen LogP contribution >= 0.6 is 12.2 Å². The molecule has 0 aromatic carbocycles. The summed E-state index contributed by atoms with van der Waals surface area (Å²) < 4.78 is 0. The lowest BCUT2D eigenvalue weighted by molar-refractivity contribution is 0.0283. The molecular weight excluding hydrogens is 382 g/mol. The van der Waals surface area contributed by atoms with Crippen molar-refractivity contribution >= 4 is 28.9 Å². The molecule has 8 heteroatoms. The van der Waals surface area contributed by atoms with Crippen molar-refractivity contribution in [3.63, 3.8) is 0 Å². The highest BCUT2D eigenvalue weighted by atomic mass is 32.1. The number of hydrazone groups is 1. The van der Waals surface area contributed by atoms with Crippen LogP contribution in [0.3, 0.4) is 0 Å². The quantitative estimate of drug-likeness (QED) is 0.607. The first kappa shape index (κ1) is 18.0. The van der Waals surface area contributed by atoms with E-state index in [0.717, 1.165) is 62.7 Å². The van der Waals surface area contributed by atoms with E-state index in [4.69, 9.17) is 17.5 Å². The number of thiocarbonyl (C=S) groups is 1. The largest absolute Gasteiger partial charge is 0.355 e. The van der Waals surface area contributed by atoms with E-state index in [2.05, 4.69) is 42.4 Å². The second-order valence-corrected chi connectivity index (χ2v) is 8.46. The van der Waals surface area contributed by atoms with E-state index >= 15 is 0 Å². The predicted octanol–water partition coefficient (Wildman–Crippen LogP) is 2.09. The van der Waals surface area contributed by atoms with Crippen LogP contribution in [0.5, 0.6) is 0 Å². The summed E-state index contributed by atoms with van der Waals surface area (Å²) in [6.45, 7) is 3.81. The van der Waals surface area contributed by atoms with Gasteiger partial charge in [0.1, 0.15) is 11.9 Å². The predicted molar refractivity (Wildman–Crippen MR) is 115 cm³/mol. The summed E-state index contributed by atoms with van der Waals surface area (Å²) in [4.78, 5) is 13.3. The third-order valence-electron chi connectivity index (χ3n) is 5.90. The SMILES string of the molecule is N#Cc1ccc(N2CC3(CN(C(=S)N/N=C4/CCCc5cccnc54)C3)C2)nc1. The summed E-state index contributed by atoms with van der Waals surface area (Å²) in [5.74, 6) is 0.934. The maximum absolute atomic E-state index is 8.89. The highest BCUT2D eigenvalue weighted by Crippen LogP contribution is 2.41. The number of fused-ring (bicyclic) bond motifs is 1. The summed E-state index contributed by atoms with van der Waals surface area (Å²) in [6.07, 6.45) is 6.53. The number of nitrogens with zero attached hydrogens (tertiary/aromatic N) is 6. The van der Waals surface area contributed by atoms with E-state index in [9.17, 15) is 0 Å². The van der Waals surface area contributed by atoms with Crippen LogP contribution in [-0.4, -0.2) is 51.9 Å². The normalized spacial score (nSPS) is 20.4. The third kappa shape index (κ3) is 3.32. The number of likely N-dealkylation sites (tertiary alicyclic amines) is 1. The zero-order valence-corrected chi connectivity index (χ0v) is 16.8. The molecule has 0 radical (unpaired) electrons. The van der Waals surface area contributed by atoms with Gasteiger partial charge in [0.2, 0.25) is 0 Å².